The number of halogens is 2. The van der Waals surface area contributed by atoms with E-state index in [9.17, 15) is 14.0 Å². The van der Waals surface area contributed by atoms with Crippen LogP contribution in [0.15, 0.2) is 54.6 Å². The number of carbonyl (C=O) groups is 2. The van der Waals surface area contributed by atoms with Crippen molar-refractivity contribution >= 4 is 29.4 Å². The molecule has 1 aliphatic heterocycles. The smallest absolute Gasteiger partial charge is 0.247 e. The van der Waals surface area contributed by atoms with Crippen LogP contribution < -0.4 is 0 Å². The van der Waals surface area contributed by atoms with Crippen molar-refractivity contribution in [1.82, 2.24) is 9.80 Å². The van der Waals surface area contributed by atoms with Crippen LogP contribution in [-0.4, -0.2) is 47.2 Å². The van der Waals surface area contributed by atoms with Crippen LogP contribution in [0.3, 0.4) is 0 Å². The lowest BCUT2D eigenvalue weighted by Crippen LogP contribution is -2.57. The Morgan fingerprint density at radius 3 is 2.43 bits per heavy atom. The fourth-order valence-corrected chi connectivity index (χ4v) is 3.41. The monoisotopic (exact) mass is 400 g/mol. The number of piperazine rings is 1. The predicted molar refractivity (Wildman–Crippen MR) is 108 cm³/mol. The van der Waals surface area contributed by atoms with Crippen LogP contribution in [0.1, 0.15) is 18.1 Å². The zero-order chi connectivity index (χ0) is 20.1. The van der Waals surface area contributed by atoms with Gasteiger partial charge in [-0.3, -0.25) is 14.5 Å². The lowest BCUT2D eigenvalue weighted by atomic mass is 10.1. The standard InChI is InChI=1S/C22H22ClFN2O2/c1-16(27)21-15-25(14-18-4-9-20(24)10-5-18)12-13-26(21)22(28)11-6-17-2-7-19(23)8-3-17/h2-11,21H,12-15H2,1H3/b11-6+/t21-/m0/s1. The average Bonchev–Trinajstić information content (AvgIpc) is 2.69. The van der Waals surface area contributed by atoms with Crippen molar-refractivity contribution in [1.29, 1.82) is 0 Å². The normalized spacial score (nSPS) is 17.8. The van der Waals surface area contributed by atoms with E-state index in [1.807, 2.05) is 12.1 Å². The van der Waals surface area contributed by atoms with E-state index in [4.69, 9.17) is 11.6 Å². The van der Waals surface area contributed by atoms with Crippen molar-refractivity contribution in [3.8, 4) is 0 Å². The van der Waals surface area contributed by atoms with Crippen molar-refractivity contribution in [2.45, 2.75) is 19.5 Å². The van der Waals surface area contributed by atoms with Gasteiger partial charge in [-0.15, -0.1) is 0 Å². The van der Waals surface area contributed by atoms with Gasteiger partial charge in [0.25, 0.3) is 0 Å². The summed E-state index contributed by atoms with van der Waals surface area (Å²) in [6.07, 6.45) is 3.22. The van der Waals surface area contributed by atoms with E-state index < -0.39 is 6.04 Å². The van der Waals surface area contributed by atoms with E-state index in [1.165, 1.54) is 25.1 Å². The third-order valence-corrected chi connectivity index (χ3v) is 5.08. The van der Waals surface area contributed by atoms with Crippen molar-refractivity contribution < 1.29 is 14.0 Å². The Balaban J connectivity index is 1.65. The van der Waals surface area contributed by atoms with Crippen LogP contribution in [0, 0.1) is 5.82 Å². The molecule has 2 aromatic rings. The highest BCUT2D eigenvalue weighted by atomic mass is 35.5. The van der Waals surface area contributed by atoms with Gasteiger partial charge >= 0.3 is 0 Å². The van der Waals surface area contributed by atoms with Crippen LogP contribution in [0.5, 0.6) is 0 Å². The molecule has 3 rings (SSSR count). The maximum absolute atomic E-state index is 13.1. The zero-order valence-electron chi connectivity index (χ0n) is 15.6. The number of Topliss-reactive ketones (excluding diaryl/α,β-unsaturated/α-hetero) is 1. The van der Waals surface area contributed by atoms with Gasteiger partial charge in [-0.25, -0.2) is 4.39 Å². The Labute approximate surface area is 169 Å². The molecule has 0 N–H and O–H groups in total. The molecule has 1 saturated heterocycles. The molecule has 0 bridgehead atoms. The minimum Gasteiger partial charge on any atom is -0.327 e. The molecule has 0 aliphatic carbocycles. The molecule has 1 atom stereocenters. The summed E-state index contributed by atoms with van der Waals surface area (Å²) in [5, 5.41) is 0.636. The minimum absolute atomic E-state index is 0.0444. The fraction of sp³-hybridized carbons (Fsp3) is 0.273. The second kappa shape index (κ2) is 9.13. The molecule has 0 aromatic heterocycles. The first-order valence-electron chi connectivity index (χ1n) is 9.14. The number of hydrogen-bond donors (Lipinski definition) is 0. The summed E-state index contributed by atoms with van der Waals surface area (Å²) in [6, 6.07) is 13.0. The van der Waals surface area contributed by atoms with Crippen LogP contribution >= 0.6 is 11.6 Å². The van der Waals surface area contributed by atoms with Gasteiger partial charge in [0.05, 0.1) is 0 Å². The Hall–Kier alpha value is -2.50. The topological polar surface area (TPSA) is 40.6 Å². The first-order valence-corrected chi connectivity index (χ1v) is 9.51. The third-order valence-electron chi connectivity index (χ3n) is 4.82. The van der Waals surface area contributed by atoms with E-state index >= 15 is 0 Å². The molecule has 6 heteroatoms. The maximum atomic E-state index is 13.1. The summed E-state index contributed by atoms with van der Waals surface area (Å²) < 4.78 is 13.1. The van der Waals surface area contributed by atoms with E-state index in [0.717, 1.165) is 11.1 Å². The first kappa shape index (κ1) is 20.2. The molecule has 1 amide bonds. The summed E-state index contributed by atoms with van der Waals surface area (Å²) in [7, 11) is 0. The molecular weight excluding hydrogens is 379 g/mol. The highest BCUT2D eigenvalue weighted by Crippen LogP contribution is 2.16. The summed E-state index contributed by atoms with van der Waals surface area (Å²) in [5.41, 5.74) is 1.85. The van der Waals surface area contributed by atoms with Gasteiger partial charge in [0.1, 0.15) is 11.9 Å². The van der Waals surface area contributed by atoms with Gasteiger partial charge < -0.3 is 4.90 Å². The SMILES string of the molecule is CC(=O)[C@@H]1CN(Cc2ccc(F)cc2)CCN1C(=O)/C=C/c1ccc(Cl)cc1. The number of benzene rings is 2. The van der Waals surface area contributed by atoms with Crippen molar-refractivity contribution in [2.24, 2.45) is 0 Å². The Morgan fingerprint density at radius 2 is 1.79 bits per heavy atom. The lowest BCUT2D eigenvalue weighted by Gasteiger charge is -2.40. The number of carbonyl (C=O) groups excluding carboxylic acids is 2. The summed E-state index contributed by atoms with van der Waals surface area (Å²) >= 11 is 5.87. The van der Waals surface area contributed by atoms with Gasteiger partial charge in [0.15, 0.2) is 5.78 Å². The molecule has 0 unspecified atom stereocenters. The number of ketones is 1. The molecule has 1 aliphatic rings. The zero-order valence-corrected chi connectivity index (χ0v) is 16.4. The number of rotatable bonds is 5. The van der Waals surface area contributed by atoms with E-state index in [2.05, 4.69) is 4.90 Å². The lowest BCUT2D eigenvalue weighted by molar-refractivity contribution is -0.138. The Bertz CT molecular complexity index is 865. The number of nitrogens with zero attached hydrogens (tertiary/aromatic N) is 2. The van der Waals surface area contributed by atoms with Crippen molar-refractivity contribution in [2.75, 3.05) is 19.6 Å². The van der Waals surface area contributed by atoms with Gasteiger partial charge in [0, 0.05) is 37.3 Å². The third kappa shape index (κ3) is 5.27. The molecule has 1 heterocycles. The largest absolute Gasteiger partial charge is 0.327 e. The minimum atomic E-state index is -0.489. The molecule has 0 spiro atoms. The molecule has 146 valence electrons. The fourth-order valence-electron chi connectivity index (χ4n) is 3.28. The van der Waals surface area contributed by atoms with Crippen LogP contribution in [0.2, 0.25) is 5.02 Å². The Kier molecular flexibility index (Phi) is 6.60. The van der Waals surface area contributed by atoms with Crippen LogP contribution in [0.25, 0.3) is 6.08 Å². The number of hydrogen-bond acceptors (Lipinski definition) is 3. The predicted octanol–water partition coefficient (Wildman–Crippen LogP) is 3.79. The highest BCUT2D eigenvalue weighted by molar-refractivity contribution is 6.30. The maximum Gasteiger partial charge on any atom is 0.247 e. The Morgan fingerprint density at radius 1 is 1.11 bits per heavy atom. The summed E-state index contributed by atoms with van der Waals surface area (Å²) in [4.78, 5) is 28.6. The van der Waals surface area contributed by atoms with Gasteiger partial charge in [-0.05, 0) is 48.4 Å². The second-order valence-corrected chi connectivity index (χ2v) is 7.34. The van der Waals surface area contributed by atoms with Crippen molar-refractivity contribution in [3.63, 3.8) is 0 Å². The van der Waals surface area contributed by atoms with Crippen LogP contribution in [0.4, 0.5) is 4.39 Å². The van der Waals surface area contributed by atoms with E-state index in [0.29, 0.717) is 31.2 Å². The molecular formula is C22H22ClFN2O2. The van der Waals surface area contributed by atoms with Gasteiger partial charge in [0.2, 0.25) is 5.91 Å². The van der Waals surface area contributed by atoms with E-state index in [1.54, 1.807) is 35.2 Å². The van der Waals surface area contributed by atoms with E-state index in [-0.39, 0.29) is 17.5 Å². The summed E-state index contributed by atoms with van der Waals surface area (Å²) in [5.74, 6) is -0.498. The molecule has 28 heavy (non-hydrogen) atoms. The van der Waals surface area contributed by atoms with Gasteiger partial charge in [-0.1, -0.05) is 35.9 Å². The highest BCUT2D eigenvalue weighted by Gasteiger charge is 2.32. The molecule has 1 fully saturated rings. The van der Waals surface area contributed by atoms with Gasteiger partial charge in [-0.2, -0.15) is 0 Å². The summed E-state index contributed by atoms with van der Waals surface area (Å²) in [6.45, 7) is 3.71. The average molecular weight is 401 g/mol. The molecule has 0 saturated carbocycles. The number of amides is 1. The molecule has 4 nitrogen and oxygen atoms in total. The quantitative estimate of drug-likeness (QED) is 0.717. The molecule has 2 aromatic carbocycles. The van der Waals surface area contributed by atoms with Crippen LogP contribution in [-0.2, 0) is 16.1 Å². The second-order valence-electron chi connectivity index (χ2n) is 6.90. The molecule has 0 radical (unpaired) electrons. The first-order chi connectivity index (χ1) is 13.4. The van der Waals surface area contributed by atoms with Crippen molar-refractivity contribution in [3.05, 3.63) is 76.6 Å².